The summed E-state index contributed by atoms with van der Waals surface area (Å²) < 4.78 is 0. The molecule has 0 spiro atoms. The van der Waals surface area contributed by atoms with Crippen molar-refractivity contribution in [2.24, 2.45) is 0 Å². The summed E-state index contributed by atoms with van der Waals surface area (Å²) in [7, 11) is 0. The molecule has 0 N–H and O–H groups in total. The van der Waals surface area contributed by atoms with Gasteiger partial charge in [0, 0.05) is 0 Å². The van der Waals surface area contributed by atoms with Gasteiger partial charge in [-0.1, -0.05) is 48.6 Å². The van der Waals surface area contributed by atoms with E-state index in [1.165, 1.54) is 22.3 Å². The van der Waals surface area contributed by atoms with Crippen molar-refractivity contribution in [3.8, 4) is 0 Å². The molecular formula is C15H14. The van der Waals surface area contributed by atoms with Gasteiger partial charge in [0.05, 0.1) is 0 Å². The van der Waals surface area contributed by atoms with Crippen LogP contribution in [0, 0.1) is 0 Å². The first-order valence-corrected chi connectivity index (χ1v) is 5.55. The van der Waals surface area contributed by atoms with Gasteiger partial charge in [0.15, 0.2) is 0 Å². The molecule has 0 saturated carbocycles. The highest BCUT2D eigenvalue weighted by atomic mass is 14.2. The Kier molecular flexibility index (Phi) is 2.06. The largest absolute Gasteiger partial charge is 0.0801 e. The van der Waals surface area contributed by atoms with E-state index in [-0.39, 0.29) is 0 Å². The van der Waals surface area contributed by atoms with E-state index in [0.29, 0.717) is 0 Å². The molecule has 3 rings (SSSR count). The minimum atomic E-state index is 1.09. The van der Waals surface area contributed by atoms with Crippen molar-refractivity contribution in [3.05, 3.63) is 70.8 Å². The molecule has 0 heteroatoms. The van der Waals surface area contributed by atoms with Crippen molar-refractivity contribution < 1.29 is 0 Å². The SMILES string of the molecule is C1=CCC2=CCc3ccccc3CC2=C1. The van der Waals surface area contributed by atoms with E-state index in [9.17, 15) is 0 Å². The monoisotopic (exact) mass is 194 g/mol. The van der Waals surface area contributed by atoms with Gasteiger partial charge < -0.3 is 0 Å². The second-order valence-electron chi connectivity index (χ2n) is 4.20. The van der Waals surface area contributed by atoms with Gasteiger partial charge in [0.1, 0.15) is 0 Å². The fourth-order valence-corrected chi connectivity index (χ4v) is 2.37. The first-order valence-electron chi connectivity index (χ1n) is 5.55. The van der Waals surface area contributed by atoms with Crippen molar-refractivity contribution in [3.63, 3.8) is 0 Å². The number of rotatable bonds is 0. The van der Waals surface area contributed by atoms with Gasteiger partial charge in [-0.25, -0.2) is 0 Å². The lowest BCUT2D eigenvalue weighted by atomic mass is 9.94. The van der Waals surface area contributed by atoms with E-state index >= 15 is 0 Å². The van der Waals surface area contributed by atoms with Crippen LogP contribution in [0.1, 0.15) is 17.5 Å². The summed E-state index contributed by atoms with van der Waals surface area (Å²) in [5.41, 5.74) is 6.00. The van der Waals surface area contributed by atoms with Crippen LogP contribution in [0.15, 0.2) is 59.7 Å². The molecule has 0 amide bonds. The fourth-order valence-electron chi connectivity index (χ4n) is 2.37. The maximum Gasteiger partial charge on any atom is -0.00202 e. The minimum absolute atomic E-state index is 1.09. The van der Waals surface area contributed by atoms with Gasteiger partial charge in [-0.3, -0.25) is 0 Å². The van der Waals surface area contributed by atoms with Crippen molar-refractivity contribution in [2.45, 2.75) is 19.3 Å². The van der Waals surface area contributed by atoms with Gasteiger partial charge in [-0.15, -0.1) is 0 Å². The molecule has 0 fully saturated rings. The van der Waals surface area contributed by atoms with Crippen LogP contribution < -0.4 is 0 Å². The van der Waals surface area contributed by atoms with Crippen molar-refractivity contribution >= 4 is 0 Å². The average Bonchev–Trinajstić information content (AvgIpc) is 2.48. The highest BCUT2D eigenvalue weighted by Crippen LogP contribution is 2.28. The second kappa shape index (κ2) is 3.54. The predicted octanol–water partition coefficient (Wildman–Crippen LogP) is 3.60. The average molecular weight is 194 g/mol. The normalized spacial score (nSPS) is 18.4. The quantitative estimate of drug-likeness (QED) is 0.592. The molecule has 0 nitrogen and oxygen atoms in total. The molecule has 0 radical (unpaired) electrons. The lowest BCUT2D eigenvalue weighted by Gasteiger charge is -2.11. The Morgan fingerprint density at radius 3 is 2.67 bits per heavy atom. The number of fused-ring (bicyclic) bond motifs is 2. The molecule has 74 valence electrons. The number of hydrogen-bond acceptors (Lipinski definition) is 0. The minimum Gasteiger partial charge on any atom is -0.0801 e. The van der Waals surface area contributed by atoms with E-state index in [0.717, 1.165) is 19.3 Å². The molecule has 0 atom stereocenters. The van der Waals surface area contributed by atoms with Crippen molar-refractivity contribution in [1.29, 1.82) is 0 Å². The molecule has 0 unspecified atom stereocenters. The second-order valence-corrected chi connectivity index (χ2v) is 4.20. The molecular weight excluding hydrogens is 180 g/mol. The van der Waals surface area contributed by atoms with Crippen LogP contribution in [-0.4, -0.2) is 0 Å². The third-order valence-electron chi connectivity index (χ3n) is 3.25. The summed E-state index contributed by atoms with van der Waals surface area (Å²) in [5.74, 6) is 0. The maximum atomic E-state index is 2.39. The summed E-state index contributed by atoms with van der Waals surface area (Å²) in [4.78, 5) is 0. The van der Waals surface area contributed by atoms with Crippen LogP contribution in [0.5, 0.6) is 0 Å². The lowest BCUT2D eigenvalue weighted by molar-refractivity contribution is 1.09. The Labute approximate surface area is 90.6 Å². The molecule has 0 aromatic heterocycles. The van der Waals surface area contributed by atoms with E-state index < -0.39 is 0 Å². The Morgan fingerprint density at radius 1 is 0.867 bits per heavy atom. The Balaban J connectivity index is 2.07. The van der Waals surface area contributed by atoms with Gasteiger partial charge >= 0.3 is 0 Å². The molecule has 0 bridgehead atoms. The summed E-state index contributed by atoms with van der Waals surface area (Å²) in [5, 5.41) is 0. The fraction of sp³-hybridized carbons (Fsp3) is 0.200. The highest BCUT2D eigenvalue weighted by Gasteiger charge is 2.13. The summed E-state index contributed by atoms with van der Waals surface area (Å²) in [6.07, 6.45) is 12.4. The first kappa shape index (κ1) is 8.72. The lowest BCUT2D eigenvalue weighted by Crippen LogP contribution is -1.96. The predicted molar refractivity (Wildman–Crippen MR) is 63.8 cm³/mol. The zero-order chi connectivity index (χ0) is 10.1. The summed E-state index contributed by atoms with van der Waals surface area (Å²) in [6.45, 7) is 0. The third kappa shape index (κ3) is 1.56. The molecule has 0 aliphatic heterocycles. The first-order chi connectivity index (χ1) is 7.43. The van der Waals surface area contributed by atoms with E-state index in [1.807, 2.05) is 0 Å². The van der Waals surface area contributed by atoms with Crippen LogP contribution in [0.2, 0.25) is 0 Å². The van der Waals surface area contributed by atoms with Crippen LogP contribution in [0.4, 0.5) is 0 Å². The van der Waals surface area contributed by atoms with Gasteiger partial charge in [0.2, 0.25) is 0 Å². The Bertz CT molecular complexity index is 473. The number of hydrogen-bond donors (Lipinski definition) is 0. The standard InChI is InChI=1S/C15H14/c1-3-7-14-11-15-8-4-2-6-13(15)10-9-12(14)5-1/h1-5,7-8,10H,6,9,11H2. The van der Waals surface area contributed by atoms with Crippen LogP contribution in [0.25, 0.3) is 0 Å². The summed E-state index contributed by atoms with van der Waals surface area (Å²) >= 11 is 0. The van der Waals surface area contributed by atoms with Crippen molar-refractivity contribution in [1.82, 2.24) is 0 Å². The van der Waals surface area contributed by atoms with E-state index in [1.54, 1.807) is 0 Å². The number of allylic oxidation sites excluding steroid dienone is 6. The molecule has 2 aliphatic carbocycles. The van der Waals surface area contributed by atoms with E-state index in [2.05, 4.69) is 48.6 Å². The summed E-state index contributed by atoms with van der Waals surface area (Å²) in [6, 6.07) is 8.78. The van der Waals surface area contributed by atoms with Crippen LogP contribution in [0.3, 0.4) is 0 Å². The zero-order valence-electron chi connectivity index (χ0n) is 8.74. The van der Waals surface area contributed by atoms with Gasteiger partial charge in [-0.2, -0.15) is 0 Å². The molecule has 0 saturated heterocycles. The smallest absolute Gasteiger partial charge is 0.00202 e. The topological polar surface area (TPSA) is 0 Å². The maximum absolute atomic E-state index is 2.39. The molecule has 2 aliphatic rings. The number of benzene rings is 1. The molecule has 1 aromatic carbocycles. The van der Waals surface area contributed by atoms with Crippen molar-refractivity contribution in [2.75, 3.05) is 0 Å². The van der Waals surface area contributed by atoms with E-state index in [4.69, 9.17) is 0 Å². The third-order valence-corrected chi connectivity index (χ3v) is 3.25. The van der Waals surface area contributed by atoms with Crippen LogP contribution in [-0.2, 0) is 12.8 Å². The Morgan fingerprint density at radius 2 is 1.73 bits per heavy atom. The molecule has 15 heavy (non-hydrogen) atoms. The van der Waals surface area contributed by atoms with Crippen LogP contribution >= 0.6 is 0 Å². The molecule has 1 aromatic rings. The highest BCUT2D eigenvalue weighted by molar-refractivity contribution is 5.47. The van der Waals surface area contributed by atoms with Gasteiger partial charge in [-0.05, 0) is 41.5 Å². The van der Waals surface area contributed by atoms with Gasteiger partial charge in [0.25, 0.3) is 0 Å². The molecule has 0 heterocycles. The Hall–Kier alpha value is -1.56. The zero-order valence-corrected chi connectivity index (χ0v) is 8.74.